The first-order valence-corrected chi connectivity index (χ1v) is 8.96. The Labute approximate surface area is 166 Å². The number of cyclic esters (lactones) is 1. The third-order valence-electron chi connectivity index (χ3n) is 4.14. The van der Waals surface area contributed by atoms with Crippen LogP contribution in [0.25, 0.3) is 6.08 Å². The summed E-state index contributed by atoms with van der Waals surface area (Å²) in [7, 11) is 0. The van der Waals surface area contributed by atoms with Crippen LogP contribution in [0, 0.1) is 17.0 Å². The molecule has 8 nitrogen and oxygen atoms in total. The predicted molar refractivity (Wildman–Crippen MR) is 105 cm³/mol. The second kappa shape index (κ2) is 8.47. The molecule has 0 fully saturated rings. The number of nitrogens with zero attached hydrogens (tertiary/aromatic N) is 2. The molecule has 1 aliphatic heterocycles. The summed E-state index contributed by atoms with van der Waals surface area (Å²) >= 11 is 0. The third-order valence-corrected chi connectivity index (χ3v) is 4.14. The topological polar surface area (TPSA) is 108 Å². The maximum atomic E-state index is 12.1. The molecular formula is C21H18N2O6. The van der Waals surface area contributed by atoms with Crippen molar-refractivity contribution in [2.24, 2.45) is 4.99 Å². The SMILES string of the molecule is CCCC(=O)Oc1ccc(/C=C2\N=C(c3ccc(C)c([N+](=O)[O-])c3)OC2=O)cc1. The van der Waals surface area contributed by atoms with Gasteiger partial charge in [-0.2, -0.15) is 0 Å². The lowest BCUT2D eigenvalue weighted by Gasteiger charge is -2.03. The Hall–Kier alpha value is -3.81. The molecule has 2 aromatic carbocycles. The van der Waals surface area contributed by atoms with Gasteiger partial charge in [0.2, 0.25) is 5.90 Å². The van der Waals surface area contributed by atoms with Crippen LogP contribution in [0.4, 0.5) is 5.69 Å². The highest BCUT2D eigenvalue weighted by Crippen LogP contribution is 2.24. The Bertz CT molecular complexity index is 1040. The van der Waals surface area contributed by atoms with Gasteiger partial charge in [0.15, 0.2) is 5.70 Å². The van der Waals surface area contributed by atoms with Gasteiger partial charge in [0.1, 0.15) is 5.75 Å². The van der Waals surface area contributed by atoms with Crippen LogP contribution < -0.4 is 4.74 Å². The number of hydrogen-bond acceptors (Lipinski definition) is 7. The average Bonchev–Trinajstić information content (AvgIpc) is 3.04. The average molecular weight is 394 g/mol. The molecule has 1 heterocycles. The van der Waals surface area contributed by atoms with Crippen LogP contribution in [0.3, 0.4) is 0 Å². The second-order valence-corrected chi connectivity index (χ2v) is 6.39. The highest BCUT2D eigenvalue weighted by molar-refractivity contribution is 6.13. The summed E-state index contributed by atoms with van der Waals surface area (Å²) in [5.41, 5.74) is 1.49. The van der Waals surface area contributed by atoms with E-state index in [1.165, 1.54) is 12.1 Å². The van der Waals surface area contributed by atoms with E-state index in [1.807, 2.05) is 6.92 Å². The summed E-state index contributed by atoms with van der Waals surface area (Å²) in [6.45, 7) is 3.51. The Kier molecular flexibility index (Phi) is 5.82. The van der Waals surface area contributed by atoms with Crippen molar-refractivity contribution in [3.63, 3.8) is 0 Å². The van der Waals surface area contributed by atoms with Gasteiger partial charge in [0.05, 0.1) is 4.92 Å². The van der Waals surface area contributed by atoms with E-state index in [0.717, 1.165) is 0 Å². The molecule has 0 aromatic heterocycles. The molecule has 29 heavy (non-hydrogen) atoms. The first-order valence-electron chi connectivity index (χ1n) is 8.96. The van der Waals surface area contributed by atoms with Crippen molar-refractivity contribution in [3.8, 4) is 5.75 Å². The maximum absolute atomic E-state index is 12.1. The number of aryl methyl sites for hydroxylation is 1. The normalized spacial score (nSPS) is 14.5. The maximum Gasteiger partial charge on any atom is 0.363 e. The number of benzene rings is 2. The number of carbonyl (C=O) groups excluding carboxylic acids is 2. The molecule has 2 aromatic rings. The minimum absolute atomic E-state index is 0.00876. The minimum Gasteiger partial charge on any atom is -0.427 e. The van der Waals surface area contributed by atoms with E-state index in [9.17, 15) is 19.7 Å². The molecule has 0 spiro atoms. The lowest BCUT2D eigenvalue weighted by molar-refractivity contribution is -0.385. The minimum atomic E-state index is -0.651. The van der Waals surface area contributed by atoms with Crippen molar-refractivity contribution in [1.82, 2.24) is 0 Å². The molecule has 0 radical (unpaired) electrons. The zero-order valence-corrected chi connectivity index (χ0v) is 15.9. The quantitative estimate of drug-likeness (QED) is 0.241. The van der Waals surface area contributed by atoms with Gasteiger partial charge in [0.25, 0.3) is 5.69 Å². The van der Waals surface area contributed by atoms with Gasteiger partial charge < -0.3 is 9.47 Å². The number of esters is 2. The highest BCUT2D eigenvalue weighted by atomic mass is 16.6. The van der Waals surface area contributed by atoms with Crippen LogP contribution in [-0.4, -0.2) is 22.8 Å². The molecule has 0 saturated carbocycles. The summed E-state index contributed by atoms with van der Waals surface area (Å²) in [6.07, 6.45) is 2.57. The Morgan fingerprint density at radius 2 is 1.97 bits per heavy atom. The summed E-state index contributed by atoms with van der Waals surface area (Å²) in [5, 5.41) is 11.1. The van der Waals surface area contributed by atoms with E-state index in [0.29, 0.717) is 35.3 Å². The van der Waals surface area contributed by atoms with Gasteiger partial charge in [-0.3, -0.25) is 14.9 Å². The third kappa shape index (κ3) is 4.73. The smallest absolute Gasteiger partial charge is 0.363 e. The molecule has 148 valence electrons. The molecule has 0 aliphatic carbocycles. The number of ether oxygens (including phenoxy) is 2. The van der Waals surface area contributed by atoms with Crippen molar-refractivity contribution in [2.45, 2.75) is 26.7 Å². The number of nitro groups is 1. The molecule has 1 aliphatic rings. The van der Waals surface area contributed by atoms with Gasteiger partial charge in [0, 0.05) is 23.6 Å². The van der Waals surface area contributed by atoms with Crippen LogP contribution in [0.15, 0.2) is 53.2 Å². The van der Waals surface area contributed by atoms with Crippen molar-refractivity contribution in [1.29, 1.82) is 0 Å². The van der Waals surface area contributed by atoms with Crippen LogP contribution in [0.2, 0.25) is 0 Å². The molecule has 8 heteroatoms. The molecule has 3 rings (SSSR count). The van der Waals surface area contributed by atoms with Gasteiger partial charge >= 0.3 is 11.9 Å². The van der Waals surface area contributed by atoms with Crippen molar-refractivity contribution < 1.29 is 24.0 Å². The lowest BCUT2D eigenvalue weighted by Crippen LogP contribution is -2.06. The van der Waals surface area contributed by atoms with Crippen LogP contribution >= 0.6 is 0 Å². The van der Waals surface area contributed by atoms with Gasteiger partial charge in [-0.15, -0.1) is 0 Å². The Morgan fingerprint density at radius 3 is 2.62 bits per heavy atom. The number of rotatable bonds is 6. The fraction of sp³-hybridized carbons (Fsp3) is 0.190. The Balaban J connectivity index is 1.81. The molecule has 0 saturated heterocycles. The predicted octanol–water partition coefficient (Wildman–Crippen LogP) is 3.95. The first-order chi connectivity index (χ1) is 13.9. The summed E-state index contributed by atoms with van der Waals surface area (Å²) < 4.78 is 10.3. The van der Waals surface area contributed by atoms with Gasteiger partial charge in [-0.05, 0) is 43.2 Å². The fourth-order valence-electron chi connectivity index (χ4n) is 2.65. The summed E-state index contributed by atoms with van der Waals surface area (Å²) in [5.74, 6) is -0.536. The zero-order chi connectivity index (χ0) is 21.0. The monoisotopic (exact) mass is 394 g/mol. The van der Waals surface area contributed by atoms with E-state index in [-0.39, 0.29) is 23.3 Å². The van der Waals surface area contributed by atoms with Crippen LogP contribution in [0.1, 0.15) is 36.5 Å². The van der Waals surface area contributed by atoms with Crippen LogP contribution in [-0.2, 0) is 14.3 Å². The highest BCUT2D eigenvalue weighted by Gasteiger charge is 2.25. The van der Waals surface area contributed by atoms with Crippen molar-refractivity contribution in [2.75, 3.05) is 0 Å². The molecular weight excluding hydrogens is 376 g/mol. The summed E-state index contributed by atoms with van der Waals surface area (Å²) in [6, 6.07) is 11.1. The van der Waals surface area contributed by atoms with Crippen molar-refractivity contribution in [3.05, 3.63) is 75.0 Å². The second-order valence-electron chi connectivity index (χ2n) is 6.39. The molecule has 0 unspecified atom stereocenters. The molecule has 0 amide bonds. The van der Waals surface area contributed by atoms with E-state index >= 15 is 0 Å². The van der Waals surface area contributed by atoms with Crippen molar-refractivity contribution >= 4 is 29.6 Å². The first kappa shape index (κ1) is 19.9. The number of nitro benzene ring substituents is 1. The lowest BCUT2D eigenvalue weighted by atomic mass is 10.1. The Morgan fingerprint density at radius 1 is 1.24 bits per heavy atom. The standard InChI is InChI=1S/C21H18N2O6/c1-3-4-19(24)28-16-9-6-14(7-10-16)11-17-21(25)29-20(22-17)15-8-5-13(2)18(12-15)23(26)27/h5-12H,3-4H2,1-2H3/b17-11-. The van der Waals surface area contributed by atoms with E-state index < -0.39 is 10.9 Å². The van der Waals surface area contributed by atoms with E-state index in [2.05, 4.69) is 4.99 Å². The fourth-order valence-corrected chi connectivity index (χ4v) is 2.65. The van der Waals surface area contributed by atoms with Crippen LogP contribution in [0.5, 0.6) is 5.75 Å². The molecule has 0 bridgehead atoms. The molecule has 0 atom stereocenters. The van der Waals surface area contributed by atoms with E-state index in [4.69, 9.17) is 9.47 Å². The molecule has 0 N–H and O–H groups in total. The number of aliphatic imine (C=N–C) groups is 1. The number of hydrogen-bond donors (Lipinski definition) is 0. The van der Waals surface area contributed by atoms with Gasteiger partial charge in [-0.25, -0.2) is 9.79 Å². The van der Waals surface area contributed by atoms with Gasteiger partial charge in [-0.1, -0.05) is 25.1 Å². The number of carbonyl (C=O) groups is 2. The van der Waals surface area contributed by atoms with E-state index in [1.54, 1.807) is 43.3 Å². The largest absolute Gasteiger partial charge is 0.427 e. The zero-order valence-electron chi connectivity index (χ0n) is 15.9. The summed E-state index contributed by atoms with van der Waals surface area (Å²) in [4.78, 5) is 38.4.